The van der Waals surface area contributed by atoms with Crippen LogP contribution in [0.5, 0.6) is 0 Å². The molecule has 0 fully saturated rings. The Labute approximate surface area is 113 Å². The van der Waals surface area contributed by atoms with Gasteiger partial charge in [-0.1, -0.05) is 36.4 Å². The number of benzene rings is 2. The fourth-order valence-corrected chi connectivity index (χ4v) is 2.80. The van der Waals surface area contributed by atoms with E-state index in [1.807, 2.05) is 0 Å². The van der Waals surface area contributed by atoms with Crippen molar-refractivity contribution in [3.63, 3.8) is 0 Å². The summed E-state index contributed by atoms with van der Waals surface area (Å²) in [5.74, 6) is 0. The zero-order valence-corrected chi connectivity index (χ0v) is 11.6. The molecule has 3 aromatic rings. The highest BCUT2D eigenvalue weighted by Crippen LogP contribution is 2.32. The fraction of sp³-hybridized carbons (Fsp3) is 0.294. The molecule has 0 saturated heterocycles. The highest BCUT2D eigenvalue weighted by atomic mass is 16.5. The second kappa shape index (κ2) is 4.71. The van der Waals surface area contributed by atoms with Crippen LogP contribution in [0.2, 0.25) is 0 Å². The molecule has 3 rings (SSSR count). The lowest BCUT2D eigenvalue weighted by molar-refractivity contribution is -0.0200. The fourth-order valence-electron chi connectivity index (χ4n) is 2.80. The molecule has 2 aromatic carbocycles. The molecule has 1 atom stereocenters. The molecule has 0 aliphatic carbocycles. The lowest BCUT2D eigenvalue weighted by atomic mass is 10.2. The van der Waals surface area contributed by atoms with Crippen LogP contribution in [0.15, 0.2) is 48.5 Å². The van der Waals surface area contributed by atoms with Crippen LogP contribution in [0.25, 0.3) is 21.8 Å². The van der Waals surface area contributed by atoms with Crippen molar-refractivity contribution in [2.24, 2.45) is 0 Å². The number of fused-ring (bicyclic) bond motifs is 3. The van der Waals surface area contributed by atoms with Gasteiger partial charge in [0.1, 0.15) is 6.23 Å². The monoisotopic (exact) mass is 253 g/mol. The molecule has 0 amide bonds. The predicted molar refractivity (Wildman–Crippen MR) is 80.4 cm³/mol. The van der Waals surface area contributed by atoms with Crippen LogP contribution < -0.4 is 0 Å². The average molecular weight is 253 g/mol. The van der Waals surface area contributed by atoms with Gasteiger partial charge in [-0.05, 0) is 32.9 Å². The van der Waals surface area contributed by atoms with E-state index in [0.717, 1.165) is 0 Å². The van der Waals surface area contributed by atoms with Crippen molar-refractivity contribution >= 4 is 21.8 Å². The molecule has 19 heavy (non-hydrogen) atoms. The summed E-state index contributed by atoms with van der Waals surface area (Å²) >= 11 is 0. The van der Waals surface area contributed by atoms with Crippen molar-refractivity contribution in [2.45, 2.75) is 33.1 Å². The molecule has 1 aromatic heterocycles. The SMILES string of the molecule is CC(C)O[C@H](C)n1c2ccccc2c2ccccc21. The first kappa shape index (κ1) is 12.2. The summed E-state index contributed by atoms with van der Waals surface area (Å²) in [4.78, 5) is 0. The number of aromatic nitrogens is 1. The first-order valence-corrected chi connectivity index (χ1v) is 6.81. The number of hydrogen-bond acceptors (Lipinski definition) is 1. The van der Waals surface area contributed by atoms with Crippen LogP contribution in [0.4, 0.5) is 0 Å². The van der Waals surface area contributed by atoms with E-state index < -0.39 is 0 Å². The minimum atomic E-state index is 0.0322. The zero-order chi connectivity index (χ0) is 13.4. The lowest BCUT2D eigenvalue weighted by Crippen LogP contribution is -2.13. The Hall–Kier alpha value is -1.80. The predicted octanol–water partition coefficient (Wildman–Crippen LogP) is 4.74. The highest BCUT2D eigenvalue weighted by molar-refractivity contribution is 6.08. The third-order valence-electron chi connectivity index (χ3n) is 3.45. The van der Waals surface area contributed by atoms with Gasteiger partial charge in [0.15, 0.2) is 0 Å². The maximum Gasteiger partial charge on any atom is 0.132 e. The van der Waals surface area contributed by atoms with Crippen molar-refractivity contribution in [1.29, 1.82) is 0 Å². The van der Waals surface area contributed by atoms with Crippen LogP contribution in [0, 0.1) is 0 Å². The summed E-state index contributed by atoms with van der Waals surface area (Å²) in [6.45, 7) is 6.26. The van der Waals surface area contributed by atoms with Gasteiger partial charge in [0.2, 0.25) is 0 Å². The van der Waals surface area contributed by atoms with Crippen molar-refractivity contribution in [1.82, 2.24) is 4.57 Å². The summed E-state index contributed by atoms with van der Waals surface area (Å²) in [5.41, 5.74) is 2.47. The zero-order valence-electron chi connectivity index (χ0n) is 11.6. The van der Waals surface area contributed by atoms with Gasteiger partial charge in [-0.15, -0.1) is 0 Å². The van der Waals surface area contributed by atoms with Gasteiger partial charge in [-0.3, -0.25) is 0 Å². The van der Waals surface area contributed by atoms with Crippen LogP contribution in [0.3, 0.4) is 0 Å². The number of ether oxygens (including phenoxy) is 1. The van der Waals surface area contributed by atoms with Crippen molar-refractivity contribution in [3.05, 3.63) is 48.5 Å². The smallest absolute Gasteiger partial charge is 0.132 e. The summed E-state index contributed by atoms with van der Waals surface area (Å²) in [7, 11) is 0. The lowest BCUT2D eigenvalue weighted by Gasteiger charge is -2.20. The van der Waals surface area contributed by atoms with Crippen molar-refractivity contribution in [3.8, 4) is 0 Å². The molecule has 1 heterocycles. The molecule has 0 spiro atoms. The van der Waals surface area contributed by atoms with Gasteiger partial charge >= 0.3 is 0 Å². The topological polar surface area (TPSA) is 14.2 Å². The highest BCUT2D eigenvalue weighted by Gasteiger charge is 2.15. The average Bonchev–Trinajstić information content (AvgIpc) is 2.72. The van der Waals surface area contributed by atoms with Crippen molar-refractivity contribution < 1.29 is 4.74 Å². The molecule has 0 N–H and O–H groups in total. The molecule has 98 valence electrons. The Morgan fingerprint density at radius 2 is 1.26 bits per heavy atom. The number of para-hydroxylation sites is 2. The van der Waals surface area contributed by atoms with Gasteiger partial charge in [0.25, 0.3) is 0 Å². The van der Waals surface area contributed by atoms with Gasteiger partial charge in [0.05, 0.1) is 17.1 Å². The molecule has 0 aliphatic heterocycles. The molecule has 0 radical (unpaired) electrons. The minimum absolute atomic E-state index is 0.0322. The Kier molecular flexibility index (Phi) is 3.03. The van der Waals surface area contributed by atoms with E-state index in [1.165, 1.54) is 21.8 Å². The van der Waals surface area contributed by atoms with E-state index in [9.17, 15) is 0 Å². The largest absolute Gasteiger partial charge is 0.356 e. The van der Waals surface area contributed by atoms with Gasteiger partial charge in [-0.25, -0.2) is 0 Å². The Balaban J connectivity index is 2.30. The molecule has 0 bridgehead atoms. The van der Waals surface area contributed by atoms with Crippen LogP contribution in [-0.4, -0.2) is 10.7 Å². The van der Waals surface area contributed by atoms with Crippen LogP contribution >= 0.6 is 0 Å². The standard InChI is InChI=1S/C17H19NO/c1-12(2)19-13(3)18-16-10-6-4-8-14(16)15-9-5-7-11-17(15)18/h4-13H,1-3H3/t13-/m1/s1. The molecule has 0 unspecified atom stereocenters. The summed E-state index contributed by atoms with van der Waals surface area (Å²) < 4.78 is 8.26. The van der Waals surface area contributed by atoms with E-state index in [0.29, 0.717) is 0 Å². The van der Waals surface area contributed by atoms with Crippen LogP contribution in [-0.2, 0) is 4.74 Å². The molecule has 2 nitrogen and oxygen atoms in total. The number of hydrogen-bond donors (Lipinski definition) is 0. The van der Waals surface area contributed by atoms with Crippen LogP contribution in [0.1, 0.15) is 27.0 Å². The summed E-state index contributed by atoms with van der Waals surface area (Å²) in [6, 6.07) is 17.0. The minimum Gasteiger partial charge on any atom is -0.356 e. The quantitative estimate of drug-likeness (QED) is 0.657. The molecule has 0 saturated carbocycles. The summed E-state index contributed by atoms with van der Waals surface area (Å²) in [5, 5.41) is 2.58. The van der Waals surface area contributed by atoms with Gasteiger partial charge < -0.3 is 9.30 Å². The van der Waals surface area contributed by atoms with E-state index >= 15 is 0 Å². The Bertz CT molecular complexity index is 658. The number of rotatable bonds is 3. The van der Waals surface area contributed by atoms with Gasteiger partial charge in [-0.2, -0.15) is 0 Å². The Morgan fingerprint density at radius 1 is 0.789 bits per heavy atom. The molecular weight excluding hydrogens is 234 g/mol. The first-order valence-electron chi connectivity index (χ1n) is 6.81. The second-order valence-electron chi connectivity index (χ2n) is 5.19. The third kappa shape index (κ3) is 2.02. The van der Waals surface area contributed by atoms with E-state index in [1.54, 1.807) is 0 Å². The van der Waals surface area contributed by atoms with Crippen molar-refractivity contribution in [2.75, 3.05) is 0 Å². The van der Waals surface area contributed by atoms with E-state index in [4.69, 9.17) is 4.74 Å². The second-order valence-corrected chi connectivity index (χ2v) is 5.19. The van der Waals surface area contributed by atoms with E-state index in [-0.39, 0.29) is 12.3 Å². The maximum absolute atomic E-state index is 5.97. The molecule has 0 aliphatic rings. The number of nitrogens with zero attached hydrogens (tertiary/aromatic N) is 1. The maximum atomic E-state index is 5.97. The van der Waals surface area contributed by atoms with E-state index in [2.05, 4.69) is 73.9 Å². The molecule has 2 heteroatoms. The first-order chi connectivity index (χ1) is 9.18. The van der Waals surface area contributed by atoms with Gasteiger partial charge in [0, 0.05) is 10.8 Å². The third-order valence-corrected chi connectivity index (χ3v) is 3.45. The summed E-state index contributed by atoms with van der Waals surface area (Å²) in [6.07, 6.45) is 0.250. The molecular formula is C17H19NO. The normalized spacial score (nSPS) is 13.5. The Morgan fingerprint density at radius 3 is 1.74 bits per heavy atom.